The number of rotatable bonds is 11. The van der Waals surface area contributed by atoms with Gasteiger partial charge >= 0.3 is 0 Å². The van der Waals surface area contributed by atoms with Gasteiger partial charge in [0.15, 0.2) is 5.78 Å². The van der Waals surface area contributed by atoms with Crippen LogP contribution in [0.5, 0.6) is 0 Å². The third-order valence-electron chi connectivity index (χ3n) is 4.13. The zero-order valence-corrected chi connectivity index (χ0v) is 15.3. The molecule has 24 heavy (non-hydrogen) atoms. The van der Waals surface area contributed by atoms with Gasteiger partial charge in [-0.1, -0.05) is 34.1 Å². The Labute approximate surface area is 144 Å². The number of amides is 2. The topological polar surface area (TPSA) is 118 Å². The average Bonchev–Trinajstić information content (AvgIpc) is 2.53. The fourth-order valence-corrected chi connectivity index (χ4v) is 2.00. The standard InChI is InChI=1S/C17H31N3O4/c1-6-11(4)16(18)17(24)19-9-15(23)20-13(12(5)21)7-8-14(22)10(2)3/h10-11,13,16H,6-9,18H2,1-5H3,(H,19,24)(H,20,23)/t11-,13-,16-/m0/s1. The Bertz CT molecular complexity index is 463. The first-order valence-electron chi connectivity index (χ1n) is 8.45. The summed E-state index contributed by atoms with van der Waals surface area (Å²) in [5.74, 6) is -1.13. The number of ketones is 2. The van der Waals surface area contributed by atoms with Gasteiger partial charge in [-0.05, 0) is 19.3 Å². The van der Waals surface area contributed by atoms with E-state index in [1.54, 1.807) is 13.8 Å². The molecule has 0 spiro atoms. The highest BCUT2D eigenvalue weighted by Crippen LogP contribution is 2.06. The van der Waals surface area contributed by atoms with Gasteiger partial charge in [0.1, 0.15) is 5.78 Å². The van der Waals surface area contributed by atoms with E-state index >= 15 is 0 Å². The summed E-state index contributed by atoms with van der Waals surface area (Å²) in [6, 6.07) is -1.39. The van der Waals surface area contributed by atoms with Crippen LogP contribution in [0.1, 0.15) is 53.9 Å². The number of hydrogen-bond acceptors (Lipinski definition) is 5. The highest BCUT2D eigenvalue weighted by atomic mass is 16.2. The number of nitrogens with one attached hydrogen (secondary N) is 2. The second kappa shape index (κ2) is 10.9. The SMILES string of the molecule is CC[C@H](C)[C@H](N)C(=O)NCC(=O)N[C@@H](CCC(=O)C(C)C)C(C)=O. The molecule has 2 amide bonds. The van der Waals surface area contributed by atoms with Gasteiger partial charge in [-0.3, -0.25) is 19.2 Å². The molecule has 0 aliphatic carbocycles. The summed E-state index contributed by atoms with van der Waals surface area (Å²) in [5.41, 5.74) is 5.78. The molecule has 4 N–H and O–H groups in total. The van der Waals surface area contributed by atoms with Crippen LogP contribution in [0.15, 0.2) is 0 Å². The lowest BCUT2D eigenvalue weighted by Gasteiger charge is -2.19. The van der Waals surface area contributed by atoms with Gasteiger partial charge < -0.3 is 16.4 Å². The van der Waals surface area contributed by atoms with Crippen LogP contribution in [0.2, 0.25) is 0 Å². The molecule has 0 rings (SSSR count). The van der Waals surface area contributed by atoms with E-state index < -0.39 is 23.9 Å². The zero-order valence-electron chi connectivity index (χ0n) is 15.3. The molecule has 0 bridgehead atoms. The Morgan fingerprint density at radius 1 is 1.08 bits per heavy atom. The van der Waals surface area contributed by atoms with Crippen LogP contribution in [0.4, 0.5) is 0 Å². The van der Waals surface area contributed by atoms with Crippen molar-refractivity contribution in [1.29, 1.82) is 0 Å². The number of nitrogens with two attached hydrogens (primary N) is 1. The molecular weight excluding hydrogens is 310 g/mol. The van der Waals surface area contributed by atoms with Crippen LogP contribution in [0.25, 0.3) is 0 Å². The highest BCUT2D eigenvalue weighted by molar-refractivity contribution is 5.91. The van der Waals surface area contributed by atoms with Crippen LogP contribution in [0.3, 0.4) is 0 Å². The van der Waals surface area contributed by atoms with Crippen LogP contribution in [-0.4, -0.2) is 42.0 Å². The molecule has 7 nitrogen and oxygen atoms in total. The number of carbonyl (C=O) groups excluding carboxylic acids is 4. The minimum Gasteiger partial charge on any atom is -0.346 e. The first-order valence-corrected chi connectivity index (χ1v) is 8.45. The van der Waals surface area contributed by atoms with Gasteiger partial charge in [-0.15, -0.1) is 0 Å². The normalized spacial score (nSPS) is 14.6. The van der Waals surface area contributed by atoms with Crippen LogP contribution < -0.4 is 16.4 Å². The third-order valence-corrected chi connectivity index (χ3v) is 4.13. The zero-order chi connectivity index (χ0) is 18.9. The number of Topliss-reactive ketones (excluding diaryl/α,β-unsaturated/α-hetero) is 2. The predicted molar refractivity (Wildman–Crippen MR) is 92.1 cm³/mol. The third kappa shape index (κ3) is 8.19. The predicted octanol–water partition coefficient (Wildman–Crippen LogP) is 0.555. The van der Waals surface area contributed by atoms with Crippen molar-refractivity contribution in [2.75, 3.05) is 6.54 Å². The van der Waals surface area contributed by atoms with Gasteiger partial charge in [0.05, 0.1) is 18.6 Å². The van der Waals surface area contributed by atoms with E-state index in [0.717, 1.165) is 6.42 Å². The molecule has 0 aliphatic heterocycles. The van der Waals surface area contributed by atoms with Crippen molar-refractivity contribution in [3.63, 3.8) is 0 Å². The maximum atomic E-state index is 11.9. The van der Waals surface area contributed by atoms with Gasteiger partial charge in [-0.25, -0.2) is 0 Å². The van der Waals surface area contributed by atoms with Gasteiger partial charge in [-0.2, -0.15) is 0 Å². The van der Waals surface area contributed by atoms with E-state index in [2.05, 4.69) is 10.6 Å². The quantitative estimate of drug-likeness (QED) is 0.507. The molecule has 0 fully saturated rings. The maximum Gasteiger partial charge on any atom is 0.239 e. The summed E-state index contributed by atoms with van der Waals surface area (Å²) in [7, 11) is 0. The first kappa shape index (κ1) is 22.2. The molecule has 138 valence electrons. The summed E-state index contributed by atoms with van der Waals surface area (Å²) >= 11 is 0. The molecule has 0 radical (unpaired) electrons. The van der Waals surface area contributed by atoms with Crippen molar-refractivity contribution in [2.45, 2.75) is 66.0 Å². The molecule has 3 atom stereocenters. The Morgan fingerprint density at radius 2 is 1.67 bits per heavy atom. The van der Waals surface area contributed by atoms with Crippen LogP contribution in [0, 0.1) is 11.8 Å². The molecule has 0 unspecified atom stereocenters. The fraction of sp³-hybridized carbons (Fsp3) is 0.765. The van der Waals surface area contributed by atoms with Gasteiger partial charge in [0.2, 0.25) is 11.8 Å². The minimum atomic E-state index is -0.722. The van der Waals surface area contributed by atoms with E-state index in [-0.39, 0.29) is 42.8 Å². The van der Waals surface area contributed by atoms with Crippen molar-refractivity contribution in [1.82, 2.24) is 10.6 Å². The van der Waals surface area contributed by atoms with Crippen molar-refractivity contribution >= 4 is 23.4 Å². The maximum absolute atomic E-state index is 11.9. The largest absolute Gasteiger partial charge is 0.346 e. The molecule has 0 heterocycles. The van der Waals surface area contributed by atoms with Crippen molar-refractivity contribution in [2.24, 2.45) is 17.6 Å². The van der Waals surface area contributed by atoms with E-state index in [0.29, 0.717) is 0 Å². The summed E-state index contributed by atoms with van der Waals surface area (Å²) in [5, 5.41) is 5.02. The summed E-state index contributed by atoms with van der Waals surface area (Å²) in [4.78, 5) is 47.0. The first-order chi connectivity index (χ1) is 11.1. The minimum absolute atomic E-state index is 0.0140. The second-order valence-electron chi connectivity index (χ2n) is 6.52. The Balaban J connectivity index is 4.41. The molecule has 0 aromatic heterocycles. The molecule has 0 aromatic rings. The highest BCUT2D eigenvalue weighted by Gasteiger charge is 2.22. The lowest BCUT2D eigenvalue weighted by molar-refractivity contribution is -0.129. The Hall–Kier alpha value is -1.76. The van der Waals surface area contributed by atoms with Crippen LogP contribution >= 0.6 is 0 Å². The smallest absolute Gasteiger partial charge is 0.239 e. The second-order valence-corrected chi connectivity index (χ2v) is 6.52. The van der Waals surface area contributed by atoms with E-state index in [1.165, 1.54) is 6.92 Å². The molecule has 0 saturated carbocycles. The molecular formula is C17H31N3O4. The van der Waals surface area contributed by atoms with Gasteiger partial charge in [0.25, 0.3) is 0 Å². The lowest BCUT2D eigenvalue weighted by atomic mass is 9.99. The average molecular weight is 341 g/mol. The summed E-state index contributed by atoms with van der Waals surface area (Å²) in [6.45, 7) is 8.49. The van der Waals surface area contributed by atoms with Crippen molar-refractivity contribution in [3.8, 4) is 0 Å². The molecule has 7 heteroatoms. The molecule has 0 aromatic carbocycles. The van der Waals surface area contributed by atoms with Crippen molar-refractivity contribution < 1.29 is 19.2 Å². The number of hydrogen-bond donors (Lipinski definition) is 3. The Morgan fingerprint density at radius 3 is 2.12 bits per heavy atom. The number of carbonyl (C=O) groups is 4. The molecule has 0 aliphatic rings. The summed E-state index contributed by atoms with van der Waals surface area (Å²) < 4.78 is 0. The van der Waals surface area contributed by atoms with E-state index in [4.69, 9.17) is 5.73 Å². The Kier molecular flexibility index (Phi) is 10.1. The van der Waals surface area contributed by atoms with E-state index in [1.807, 2.05) is 13.8 Å². The fourth-order valence-electron chi connectivity index (χ4n) is 2.00. The lowest BCUT2D eigenvalue weighted by Crippen LogP contribution is -2.49. The van der Waals surface area contributed by atoms with Gasteiger partial charge in [0, 0.05) is 12.3 Å². The van der Waals surface area contributed by atoms with Crippen molar-refractivity contribution in [3.05, 3.63) is 0 Å². The van der Waals surface area contributed by atoms with Crippen LogP contribution in [-0.2, 0) is 19.2 Å². The monoisotopic (exact) mass is 341 g/mol. The van der Waals surface area contributed by atoms with E-state index in [9.17, 15) is 19.2 Å². The molecule has 0 saturated heterocycles. The summed E-state index contributed by atoms with van der Waals surface area (Å²) in [6.07, 6.45) is 1.25.